The van der Waals surface area contributed by atoms with Crippen LogP contribution in [0, 0.1) is 18.3 Å². The topological polar surface area (TPSA) is 104 Å². The normalized spacial score (nSPS) is 11.2. The zero-order valence-corrected chi connectivity index (χ0v) is 17.1. The third kappa shape index (κ3) is 5.02. The van der Waals surface area contributed by atoms with Gasteiger partial charge in [0.15, 0.2) is 0 Å². The summed E-state index contributed by atoms with van der Waals surface area (Å²) >= 11 is 0. The first-order valence-electron chi connectivity index (χ1n) is 9.21. The second-order valence-electron chi connectivity index (χ2n) is 6.42. The molecule has 0 saturated heterocycles. The molecule has 3 aromatic rings. The highest BCUT2D eigenvalue weighted by Gasteiger charge is 2.13. The molecule has 3 rings (SSSR count). The van der Waals surface area contributed by atoms with E-state index >= 15 is 0 Å². The van der Waals surface area contributed by atoms with Crippen molar-refractivity contribution in [3.63, 3.8) is 0 Å². The van der Waals surface area contributed by atoms with Crippen LogP contribution in [0.4, 0.5) is 5.82 Å². The first-order valence-corrected chi connectivity index (χ1v) is 10.7. The molecule has 0 fully saturated rings. The monoisotopic (exact) mass is 410 g/mol. The van der Waals surface area contributed by atoms with Gasteiger partial charge >= 0.3 is 0 Å². The molecule has 0 spiro atoms. The minimum absolute atomic E-state index is 0.157. The second-order valence-corrected chi connectivity index (χ2v) is 8.19. The molecule has 2 aromatic carbocycles. The minimum Gasteiger partial charge on any atom is -0.494 e. The number of pyridine rings is 1. The SMILES string of the molecule is CCOc1ccc2nc(NCCNS(=O)(=O)c3ccc(C)cc3)c(C#N)cc2c1. The molecule has 0 bridgehead atoms. The number of aryl methyl sites for hydroxylation is 1. The first-order chi connectivity index (χ1) is 13.9. The molecule has 0 radical (unpaired) electrons. The molecular weight excluding hydrogens is 388 g/mol. The molecule has 0 aliphatic rings. The van der Waals surface area contributed by atoms with Crippen LogP contribution in [-0.4, -0.2) is 33.1 Å². The fourth-order valence-corrected chi connectivity index (χ4v) is 3.83. The summed E-state index contributed by atoms with van der Waals surface area (Å²) in [6.45, 7) is 4.81. The van der Waals surface area contributed by atoms with E-state index in [2.05, 4.69) is 21.1 Å². The van der Waals surface area contributed by atoms with Crippen molar-refractivity contribution in [2.24, 2.45) is 0 Å². The van der Waals surface area contributed by atoms with Crippen LogP contribution in [0.5, 0.6) is 5.75 Å². The van der Waals surface area contributed by atoms with E-state index in [0.717, 1.165) is 22.2 Å². The molecular formula is C21H22N4O3S. The Hall–Kier alpha value is -3.15. The molecule has 0 aliphatic heterocycles. The minimum atomic E-state index is -3.58. The lowest BCUT2D eigenvalue weighted by Gasteiger charge is -2.11. The third-order valence-electron chi connectivity index (χ3n) is 4.26. The Kier molecular flexibility index (Phi) is 6.32. The summed E-state index contributed by atoms with van der Waals surface area (Å²) < 4.78 is 32.7. The summed E-state index contributed by atoms with van der Waals surface area (Å²) in [7, 11) is -3.58. The highest BCUT2D eigenvalue weighted by atomic mass is 32.2. The van der Waals surface area contributed by atoms with E-state index in [1.807, 2.05) is 32.0 Å². The van der Waals surface area contributed by atoms with Crippen LogP contribution in [0.3, 0.4) is 0 Å². The zero-order valence-electron chi connectivity index (χ0n) is 16.3. The van der Waals surface area contributed by atoms with E-state index in [1.165, 1.54) is 0 Å². The van der Waals surface area contributed by atoms with Gasteiger partial charge in [0, 0.05) is 18.5 Å². The van der Waals surface area contributed by atoms with Gasteiger partial charge in [-0.2, -0.15) is 5.26 Å². The highest BCUT2D eigenvalue weighted by Crippen LogP contribution is 2.24. The van der Waals surface area contributed by atoms with E-state index in [9.17, 15) is 13.7 Å². The summed E-state index contributed by atoms with van der Waals surface area (Å²) in [4.78, 5) is 4.70. The van der Waals surface area contributed by atoms with Crippen molar-refractivity contribution in [2.45, 2.75) is 18.7 Å². The molecule has 0 amide bonds. The molecule has 0 unspecified atom stereocenters. The fraction of sp³-hybridized carbons (Fsp3) is 0.238. The van der Waals surface area contributed by atoms with Gasteiger partial charge in [0.05, 0.1) is 22.6 Å². The van der Waals surface area contributed by atoms with E-state index in [0.29, 0.717) is 18.0 Å². The number of benzene rings is 2. The quantitative estimate of drug-likeness (QED) is 0.553. The van der Waals surface area contributed by atoms with Gasteiger partial charge in [0.2, 0.25) is 10.0 Å². The van der Waals surface area contributed by atoms with E-state index in [-0.39, 0.29) is 18.0 Å². The van der Waals surface area contributed by atoms with Crippen molar-refractivity contribution in [3.8, 4) is 11.8 Å². The molecule has 1 aromatic heterocycles. The van der Waals surface area contributed by atoms with Crippen LogP contribution in [0.2, 0.25) is 0 Å². The number of fused-ring (bicyclic) bond motifs is 1. The number of rotatable bonds is 8. The van der Waals surface area contributed by atoms with Crippen molar-refractivity contribution in [3.05, 3.63) is 59.7 Å². The second kappa shape index (κ2) is 8.90. The van der Waals surface area contributed by atoms with Crippen LogP contribution in [0.1, 0.15) is 18.1 Å². The Balaban J connectivity index is 1.67. The molecule has 0 saturated carbocycles. The maximum absolute atomic E-state index is 12.3. The van der Waals surface area contributed by atoms with E-state index in [1.54, 1.807) is 30.3 Å². The van der Waals surface area contributed by atoms with Gasteiger partial charge in [-0.05, 0) is 50.2 Å². The predicted octanol–water partition coefficient (Wildman–Crippen LogP) is 3.20. The summed E-state index contributed by atoms with van der Waals surface area (Å²) in [5, 5.41) is 13.3. The van der Waals surface area contributed by atoms with Crippen LogP contribution < -0.4 is 14.8 Å². The Labute approximate surface area is 170 Å². The zero-order chi connectivity index (χ0) is 20.9. The molecule has 150 valence electrons. The Morgan fingerprint density at radius 3 is 2.55 bits per heavy atom. The summed E-state index contributed by atoms with van der Waals surface area (Å²) in [6.07, 6.45) is 0. The lowest BCUT2D eigenvalue weighted by atomic mass is 10.1. The van der Waals surface area contributed by atoms with Crippen molar-refractivity contribution < 1.29 is 13.2 Å². The Bertz CT molecular complexity index is 1150. The number of nitriles is 1. The van der Waals surface area contributed by atoms with Crippen molar-refractivity contribution in [2.75, 3.05) is 25.0 Å². The molecule has 7 nitrogen and oxygen atoms in total. The maximum Gasteiger partial charge on any atom is 0.240 e. The number of hydrogen-bond acceptors (Lipinski definition) is 6. The number of nitrogens with one attached hydrogen (secondary N) is 2. The van der Waals surface area contributed by atoms with E-state index < -0.39 is 10.0 Å². The summed E-state index contributed by atoms with van der Waals surface area (Å²) in [5.74, 6) is 1.13. The first kappa shape index (κ1) is 20.6. The molecule has 0 atom stereocenters. The Morgan fingerprint density at radius 1 is 1.10 bits per heavy atom. The molecule has 0 aliphatic carbocycles. The average molecular weight is 410 g/mol. The van der Waals surface area contributed by atoms with Gasteiger partial charge in [-0.3, -0.25) is 0 Å². The van der Waals surface area contributed by atoms with Crippen LogP contribution in [0.15, 0.2) is 53.4 Å². The largest absolute Gasteiger partial charge is 0.494 e. The molecule has 8 heteroatoms. The number of aromatic nitrogens is 1. The fourth-order valence-electron chi connectivity index (χ4n) is 2.80. The van der Waals surface area contributed by atoms with Gasteiger partial charge in [-0.25, -0.2) is 18.1 Å². The van der Waals surface area contributed by atoms with Crippen LogP contribution in [0.25, 0.3) is 10.9 Å². The molecule has 2 N–H and O–H groups in total. The number of ether oxygens (including phenoxy) is 1. The number of hydrogen-bond donors (Lipinski definition) is 2. The van der Waals surface area contributed by atoms with Gasteiger partial charge in [-0.15, -0.1) is 0 Å². The van der Waals surface area contributed by atoms with Gasteiger partial charge < -0.3 is 10.1 Å². The average Bonchev–Trinajstić information content (AvgIpc) is 2.71. The number of anilines is 1. The van der Waals surface area contributed by atoms with Crippen molar-refractivity contribution >= 4 is 26.7 Å². The van der Waals surface area contributed by atoms with E-state index in [4.69, 9.17) is 4.74 Å². The van der Waals surface area contributed by atoms with Gasteiger partial charge in [0.25, 0.3) is 0 Å². The van der Waals surface area contributed by atoms with Gasteiger partial charge in [-0.1, -0.05) is 17.7 Å². The van der Waals surface area contributed by atoms with Crippen molar-refractivity contribution in [1.82, 2.24) is 9.71 Å². The standard InChI is InChI=1S/C21H22N4O3S/c1-3-28-18-6-9-20-16(13-18)12-17(14-22)21(25-20)23-10-11-24-29(26,27)19-7-4-15(2)5-8-19/h4-9,12-13,24H,3,10-11H2,1-2H3,(H,23,25). The third-order valence-corrected chi connectivity index (χ3v) is 5.74. The lowest BCUT2D eigenvalue weighted by molar-refractivity contribution is 0.340. The van der Waals surface area contributed by atoms with Crippen LogP contribution in [-0.2, 0) is 10.0 Å². The highest BCUT2D eigenvalue weighted by molar-refractivity contribution is 7.89. The molecule has 1 heterocycles. The lowest BCUT2D eigenvalue weighted by Crippen LogP contribution is -2.29. The summed E-state index contributed by atoms with van der Waals surface area (Å²) in [6, 6.07) is 16.0. The number of sulfonamides is 1. The maximum atomic E-state index is 12.3. The smallest absolute Gasteiger partial charge is 0.240 e. The Morgan fingerprint density at radius 2 is 1.86 bits per heavy atom. The van der Waals surface area contributed by atoms with Gasteiger partial charge in [0.1, 0.15) is 17.6 Å². The molecule has 29 heavy (non-hydrogen) atoms. The number of nitrogens with zero attached hydrogens (tertiary/aromatic N) is 2. The summed E-state index contributed by atoms with van der Waals surface area (Å²) in [5.41, 5.74) is 2.09. The predicted molar refractivity (Wildman–Crippen MR) is 112 cm³/mol. The van der Waals surface area contributed by atoms with Crippen molar-refractivity contribution in [1.29, 1.82) is 5.26 Å². The van der Waals surface area contributed by atoms with Crippen LogP contribution >= 0.6 is 0 Å².